The maximum absolute atomic E-state index is 13.5. The minimum Gasteiger partial charge on any atom is -0.396 e. The quantitative estimate of drug-likeness (QED) is 0.510. The number of carbonyl (C=O) groups is 3. The lowest BCUT2D eigenvalue weighted by Crippen LogP contribution is -2.24. The predicted octanol–water partition coefficient (Wildman–Crippen LogP) is 3.15. The van der Waals surface area contributed by atoms with Gasteiger partial charge in [-0.2, -0.15) is 5.26 Å². The molecule has 7 nitrogen and oxygen atoms in total. The van der Waals surface area contributed by atoms with Crippen LogP contribution in [0.25, 0.3) is 0 Å². The lowest BCUT2D eigenvalue weighted by molar-refractivity contribution is -0.117. The van der Waals surface area contributed by atoms with Gasteiger partial charge in [0.15, 0.2) is 0 Å². The second kappa shape index (κ2) is 9.01. The van der Waals surface area contributed by atoms with Gasteiger partial charge in [0.1, 0.15) is 17.6 Å². The molecule has 2 rings (SSSR count). The van der Waals surface area contributed by atoms with Crippen LogP contribution < -0.4 is 5.32 Å². The predicted molar refractivity (Wildman–Crippen MR) is 109 cm³/mol. The summed E-state index contributed by atoms with van der Waals surface area (Å²) < 4.78 is 14.9. The average Bonchev–Trinajstić information content (AvgIpc) is 2.97. The van der Waals surface area contributed by atoms with Crippen molar-refractivity contribution in [2.24, 2.45) is 12.5 Å². The number of halogens is 1. The number of anilines is 1. The first-order valence-corrected chi connectivity index (χ1v) is 9.36. The van der Waals surface area contributed by atoms with Crippen LogP contribution in [0.3, 0.4) is 0 Å². The van der Waals surface area contributed by atoms with Crippen LogP contribution in [0.5, 0.6) is 0 Å². The van der Waals surface area contributed by atoms with Gasteiger partial charge < -0.3 is 15.0 Å². The fourth-order valence-electron chi connectivity index (χ4n) is 3.09. The summed E-state index contributed by atoms with van der Waals surface area (Å²) in [6, 6.07) is 6.65. The molecule has 0 radical (unpaired) electrons. The Morgan fingerprint density at radius 3 is 2.53 bits per heavy atom. The molecule has 0 atom stereocenters. The average molecular weight is 413 g/mol. The van der Waals surface area contributed by atoms with Crippen LogP contribution in [0.1, 0.15) is 58.8 Å². The van der Waals surface area contributed by atoms with Gasteiger partial charge in [-0.05, 0) is 43.0 Å². The molecule has 1 aromatic heterocycles. The van der Waals surface area contributed by atoms with E-state index in [-0.39, 0.29) is 35.5 Å². The smallest absolute Gasteiger partial charge is 0.272 e. The second-order valence-electron chi connectivity index (χ2n) is 7.92. The van der Waals surface area contributed by atoms with Crippen molar-refractivity contribution in [1.29, 1.82) is 5.26 Å². The van der Waals surface area contributed by atoms with Gasteiger partial charge in [-0.25, -0.2) is 4.39 Å². The number of aromatic nitrogens is 1. The van der Waals surface area contributed by atoms with Gasteiger partial charge in [-0.15, -0.1) is 0 Å². The fourth-order valence-corrected chi connectivity index (χ4v) is 3.09. The third kappa shape index (κ3) is 4.99. The second-order valence-corrected chi connectivity index (χ2v) is 7.92. The number of rotatable bonds is 8. The molecule has 8 heteroatoms. The van der Waals surface area contributed by atoms with Crippen molar-refractivity contribution in [3.63, 3.8) is 0 Å². The van der Waals surface area contributed by atoms with Gasteiger partial charge >= 0.3 is 0 Å². The van der Waals surface area contributed by atoms with E-state index < -0.39 is 28.7 Å². The van der Waals surface area contributed by atoms with Crippen LogP contribution in [0.2, 0.25) is 0 Å². The highest BCUT2D eigenvalue weighted by Crippen LogP contribution is 2.26. The number of Topliss-reactive ketones (excluding diaryl/α,β-unsaturated/α-hetero) is 2. The molecule has 1 amide bonds. The summed E-state index contributed by atoms with van der Waals surface area (Å²) in [7, 11) is 1.59. The van der Waals surface area contributed by atoms with Gasteiger partial charge in [0, 0.05) is 37.0 Å². The maximum Gasteiger partial charge on any atom is 0.272 e. The number of nitrogens with zero attached hydrogens (tertiary/aromatic N) is 2. The minimum absolute atomic E-state index is 0.0191. The molecule has 1 heterocycles. The summed E-state index contributed by atoms with van der Waals surface area (Å²) in [5.74, 6) is -2.54. The standard InChI is InChI=1S/C22H24FN3O4/c1-13-16(20(29)19(28)11-22(2,3)7-8-27)10-18(26(13)4)21(30)25-15-5-6-17(23)14(9-15)12-24/h5-6,9-10,27H,7-8,11H2,1-4H3,(H,25,30). The third-order valence-electron chi connectivity index (χ3n) is 5.04. The summed E-state index contributed by atoms with van der Waals surface area (Å²) in [5.41, 5.74) is 0.223. The van der Waals surface area contributed by atoms with Gasteiger partial charge in [-0.1, -0.05) is 13.8 Å². The van der Waals surface area contributed by atoms with Crippen molar-refractivity contribution in [3.8, 4) is 6.07 Å². The highest BCUT2D eigenvalue weighted by Gasteiger charge is 2.29. The van der Waals surface area contributed by atoms with Crippen molar-refractivity contribution < 1.29 is 23.9 Å². The molecule has 0 saturated heterocycles. The molecular weight excluding hydrogens is 389 g/mol. The fraction of sp³-hybridized carbons (Fsp3) is 0.364. The lowest BCUT2D eigenvalue weighted by atomic mass is 9.83. The molecule has 0 bridgehead atoms. The van der Waals surface area contributed by atoms with E-state index in [0.29, 0.717) is 12.1 Å². The summed E-state index contributed by atoms with van der Waals surface area (Å²) >= 11 is 0. The van der Waals surface area contributed by atoms with E-state index in [2.05, 4.69) is 5.32 Å². The number of aliphatic hydroxyl groups excluding tert-OH is 1. The van der Waals surface area contributed by atoms with Crippen molar-refractivity contribution in [1.82, 2.24) is 4.57 Å². The van der Waals surface area contributed by atoms with Gasteiger partial charge in [0.25, 0.3) is 5.91 Å². The lowest BCUT2D eigenvalue weighted by Gasteiger charge is -2.21. The van der Waals surface area contributed by atoms with E-state index in [9.17, 15) is 18.8 Å². The zero-order valence-electron chi connectivity index (χ0n) is 17.4. The number of benzene rings is 1. The molecular formula is C22H24FN3O4. The minimum atomic E-state index is -0.694. The Bertz CT molecular complexity index is 1050. The first-order chi connectivity index (χ1) is 14.0. The van der Waals surface area contributed by atoms with Crippen LogP contribution in [-0.4, -0.2) is 33.8 Å². The van der Waals surface area contributed by atoms with E-state index in [0.717, 1.165) is 6.07 Å². The largest absolute Gasteiger partial charge is 0.396 e. The first-order valence-electron chi connectivity index (χ1n) is 9.36. The third-order valence-corrected chi connectivity index (χ3v) is 5.04. The summed E-state index contributed by atoms with van der Waals surface area (Å²) in [4.78, 5) is 37.8. The van der Waals surface area contributed by atoms with Gasteiger partial charge in [0.2, 0.25) is 11.6 Å². The number of nitriles is 1. The van der Waals surface area contributed by atoms with E-state index in [1.54, 1.807) is 33.9 Å². The van der Waals surface area contributed by atoms with E-state index in [1.807, 2.05) is 0 Å². The van der Waals surface area contributed by atoms with Crippen LogP contribution in [-0.2, 0) is 11.8 Å². The molecule has 0 spiro atoms. The molecule has 2 aromatic rings. The number of ketones is 2. The molecule has 0 unspecified atom stereocenters. The molecule has 2 N–H and O–H groups in total. The number of nitrogens with one attached hydrogen (secondary N) is 1. The van der Waals surface area contributed by atoms with E-state index in [4.69, 9.17) is 10.4 Å². The number of hydrogen-bond donors (Lipinski definition) is 2. The molecule has 30 heavy (non-hydrogen) atoms. The maximum atomic E-state index is 13.5. The number of hydrogen-bond acceptors (Lipinski definition) is 5. The molecule has 0 aliphatic heterocycles. The van der Waals surface area contributed by atoms with Crippen LogP contribution in [0, 0.1) is 29.5 Å². The molecule has 0 aliphatic rings. The molecule has 158 valence electrons. The zero-order valence-corrected chi connectivity index (χ0v) is 17.4. The monoisotopic (exact) mass is 413 g/mol. The van der Waals surface area contributed by atoms with Crippen LogP contribution >= 0.6 is 0 Å². The number of carbonyl (C=O) groups excluding carboxylic acids is 3. The Hall–Kier alpha value is -3.31. The van der Waals surface area contributed by atoms with Crippen molar-refractivity contribution in [2.45, 2.75) is 33.6 Å². The first kappa shape index (κ1) is 23.0. The molecule has 0 aliphatic carbocycles. The molecule has 1 aromatic carbocycles. The van der Waals surface area contributed by atoms with Crippen LogP contribution in [0.15, 0.2) is 24.3 Å². The van der Waals surface area contributed by atoms with Crippen LogP contribution in [0.4, 0.5) is 10.1 Å². The number of aliphatic hydroxyl groups is 1. The Morgan fingerprint density at radius 2 is 1.93 bits per heavy atom. The normalized spacial score (nSPS) is 11.1. The van der Waals surface area contributed by atoms with Crippen molar-refractivity contribution >= 4 is 23.2 Å². The number of amides is 1. The highest BCUT2D eigenvalue weighted by atomic mass is 19.1. The summed E-state index contributed by atoms with van der Waals surface area (Å²) in [5, 5.41) is 20.6. The SMILES string of the molecule is Cc1c(C(=O)C(=O)CC(C)(C)CCO)cc(C(=O)Nc2ccc(F)c(C#N)c2)n1C. The van der Waals surface area contributed by atoms with Crippen molar-refractivity contribution in [3.05, 3.63) is 52.6 Å². The topological polar surface area (TPSA) is 112 Å². The van der Waals surface area contributed by atoms with Gasteiger partial charge in [0.05, 0.1) is 5.56 Å². The highest BCUT2D eigenvalue weighted by molar-refractivity contribution is 6.44. The van der Waals surface area contributed by atoms with Crippen molar-refractivity contribution in [2.75, 3.05) is 11.9 Å². The Labute approximate surface area is 174 Å². The van der Waals surface area contributed by atoms with Gasteiger partial charge in [-0.3, -0.25) is 14.4 Å². The molecule has 0 saturated carbocycles. The Morgan fingerprint density at radius 1 is 1.27 bits per heavy atom. The Kier molecular flexibility index (Phi) is 6.90. The molecule has 0 fully saturated rings. The zero-order chi connectivity index (χ0) is 22.6. The van der Waals surface area contributed by atoms with E-state index in [1.165, 1.54) is 22.8 Å². The summed E-state index contributed by atoms with van der Waals surface area (Å²) in [6.07, 6.45) is 0.366. The van der Waals surface area contributed by atoms with E-state index >= 15 is 0 Å². The summed E-state index contributed by atoms with van der Waals surface area (Å²) in [6.45, 7) is 5.13. The Balaban J connectivity index is 2.25.